The highest BCUT2D eigenvalue weighted by molar-refractivity contribution is 7.96. The lowest BCUT2D eigenvalue weighted by Gasteiger charge is -2.24. The van der Waals surface area contributed by atoms with Crippen molar-refractivity contribution in [2.24, 2.45) is 0 Å². The van der Waals surface area contributed by atoms with Crippen LogP contribution in [0.15, 0.2) is 29.2 Å². The number of nitrogens with one attached hydrogen (secondary N) is 1. The summed E-state index contributed by atoms with van der Waals surface area (Å²) in [5.74, 6) is -0.381. The smallest absolute Gasteiger partial charge is 0.183 e. The molecule has 0 spiro atoms. The Labute approximate surface area is 157 Å². The third-order valence-electron chi connectivity index (χ3n) is 5.55. The molecule has 2 aliphatic rings. The molecule has 0 bridgehead atoms. The first kappa shape index (κ1) is 19.8. The second-order valence-corrected chi connectivity index (χ2v) is 13.0. The number of hydrogen-bond acceptors (Lipinski definition) is 5. The van der Waals surface area contributed by atoms with Gasteiger partial charge in [-0.05, 0) is 36.0 Å². The molecule has 7 heteroatoms. The fourth-order valence-electron chi connectivity index (χ4n) is 3.99. The third kappa shape index (κ3) is 4.15. The quantitative estimate of drug-likeness (QED) is 0.841. The first-order valence-corrected chi connectivity index (χ1v) is 12.7. The molecule has 0 unspecified atom stereocenters. The van der Waals surface area contributed by atoms with Crippen LogP contribution in [-0.4, -0.2) is 45.7 Å². The van der Waals surface area contributed by atoms with Crippen molar-refractivity contribution >= 4 is 19.7 Å². The van der Waals surface area contributed by atoms with E-state index in [9.17, 15) is 16.8 Å². The van der Waals surface area contributed by atoms with Crippen molar-refractivity contribution in [1.29, 1.82) is 0 Å². The SMILES string of the molecule is CC(C)(C)c1ccc(S(=O)(=O)[C@H]2CS(=O)(=O)C[C@@H]2NC2CCCC2)cc1. The Morgan fingerprint density at radius 3 is 2.12 bits per heavy atom. The van der Waals surface area contributed by atoms with E-state index in [2.05, 4.69) is 26.1 Å². The first-order valence-electron chi connectivity index (χ1n) is 9.30. The summed E-state index contributed by atoms with van der Waals surface area (Å²) in [7, 11) is -7.05. The molecule has 1 N–H and O–H groups in total. The lowest BCUT2D eigenvalue weighted by molar-refractivity contribution is 0.449. The normalized spacial score (nSPS) is 27.0. The van der Waals surface area contributed by atoms with E-state index >= 15 is 0 Å². The highest BCUT2D eigenvalue weighted by Crippen LogP contribution is 2.30. The van der Waals surface area contributed by atoms with Crippen LogP contribution in [0.3, 0.4) is 0 Å². The van der Waals surface area contributed by atoms with Crippen LogP contribution in [0.25, 0.3) is 0 Å². The molecular formula is C19H29NO4S2. The molecular weight excluding hydrogens is 370 g/mol. The van der Waals surface area contributed by atoms with E-state index in [1.54, 1.807) is 12.1 Å². The Kier molecular flexibility index (Phi) is 5.27. The number of rotatable bonds is 4. The number of sulfone groups is 2. The van der Waals surface area contributed by atoms with Crippen molar-refractivity contribution in [2.75, 3.05) is 11.5 Å². The van der Waals surface area contributed by atoms with Crippen molar-refractivity contribution in [3.63, 3.8) is 0 Å². The Hall–Kier alpha value is -0.920. The van der Waals surface area contributed by atoms with E-state index < -0.39 is 31.0 Å². The highest BCUT2D eigenvalue weighted by Gasteiger charge is 2.46. The molecule has 0 radical (unpaired) electrons. The fraction of sp³-hybridized carbons (Fsp3) is 0.684. The molecule has 1 aliphatic carbocycles. The zero-order chi connectivity index (χ0) is 19.2. The fourth-order valence-corrected chi connectivity index (χ4v) is 8.67. The van der Waals surface area contributed by atoms with E-state index in [0.29, 0.717) is 0 Å². The van der Waals surface area contributed by atoms with Gasteiger partial charge in [0.15, 0.2) is 19.7 Å². The topological polar surface area (TPSA) is 80.3 Å². The zero-order valence-corrected chi connectivity index (χ0v) is 17.4. The van der Waals surface area contributed by atoms with Gasteiger partial charge in [0.05, 0.1) is 21.7 Å². The maximum Gasteiger partial charge on any atom is 0.183 e. The van der Waals surface area contributed by atoms with E-state index in [1.165, 1.54) is 0 Å². The minimum atomic E-state index is -3.70. The Bertz CT molecular complexity index is 846. The molecule has 3 rings (SSSR count). The number of hydrogen-bond donors (Lipinski definition) is 1. The second-order valence-electron chi connectivity index (χ2n) is 8.69. The van der Waals surface area contributed by atoms with E-state index in [-0.39, 0.29) is 27.9 Å². The van der Waals surface area contributed by atoms with Gasteiger partial charge in [-0.25, -0.2) is 16.8 Å². The highest BCUT2D eigenvalue weighted by atomic mass is 32.2. The van der Waals surface area contributed by atoms with Crippen molar-refractivity contribution in [3.05, 3.63) is 29.8 Å². The molecule has 1 heterocycles. The maximum atomic E-state index is 13.2. The van der Waals surface area contributed by atoms with Crippen LogP contribution in [0.4, 0.5) is 0 Å². The summed E-state index contributed by atoms with van der Waals surface area (Å²) in [5, 5.41) is 2.43. The van der Waals surface area contributed by atoms with Crippen LogP contribution in [0, 0.1) is 0 Å². The molecule has 26 heavy (non-hydrogen) atoms. The van der Waals surface area contributed by atoms with Gasteiger partial charge in [0.2, 0.25) is 0 Å². The minimum absolute atomic E-state index is 0.0639. The summed E-state index contributed by atoms with van der Waals surface area (Å²) in [6.07, 6.45) is 4.21. The molecule has 2 fully saturated rings. The molecule has 0 amide bonds. The van der Waals surface area contributed by atoms with Gasteiger partial charge in [0, 0.05) is 12.1 Å². The summed E-state index contributed by atoms with van der Waals surface area (Å²) in [5.41, 5.74) is 0.988. The van der Waals surface area contributed by atoms with Gasteiger partial charge in [0.1, 0.15) is 0 Å². The van der Waals surface area contributed by atoms with E-state index in [1.807, 2.05) is 12.1 Å². The molecule has 1 aromatic rings. The first-order chi connectivity index (χ1) is 12.0. The van der Waals surface area contributed by atoms with Crippen LogP contribution < -0.4 is 5.32 Å². The van der Waals surface area contributed by atoms with Gasteiger partial charge in [0.25, 0.3) is 0 Å². The average molecular weight is 400 g/mol. The van der Waals surface area contributed by atoms with Crippen LogP contribution in [0.1, 0.15) is 52.0 Å². The van der Waals surface area contributed by atoms with Gasteiger partial charge in [-0.3, -0.25) is 0 Å². The Morgan fingerprint density at radius 1 is 1.00 bits per heavy atom. The lowest BCUT2D eigenvalue weighted by atomic mass is 9.87. The molecule has 146 valence electrons. The molecule has 1 aliphatic heterocycles. The van der Waals surface area contributed by atoms with Crippen molar-refractivity contribution in [2.45, 2.75) is 74.1 Å². The van der Waals surface area contributed by atoms with Crippen LogP contribution in [0.5, 0.6) is 0 Å². The number of benzene rings is 1. The van der Waals surface area contributed by atoms with Crippen molar-refractivity contribution in [3.8, 4) is 0 Å². The standard InChI is InChI=1S/C19H29NO4S2/c1-19(2,3)14-8-10-16(11-9-14)26(23,24)18-13-25(21,22)12-17(18)20-15-6-4-5-7-15/h8-11,15,17-18,20H,4-7,12-13H2,1-3H3/t17-,18-/m0/s1. The summed E-state index contributed by atoms with van der Waals surface area (Å²) in [6.45, 7) is 6.21. The summed E-state index contributed by atoms with van der Waals surface area (Å²) >= 11 is 0. The van der Waals surface area contributed by atoms with E-state index in [0.717, 1.165) is 31.2 Å². The minimum Gasteiger partial charge on any atom is -0.309 e. The van der Waals surface area contributed by atoms with Crippen LogP contribution in [-0.2, 0) is 25.1 Å². The van der Waals surface area contributed by atoms with Gasteiger partial charge < -0.3 is 5.32 Å². The molecule has 5 nitrogen and oxygen atoms in total. The monoisotopic (exact) mass is 399 g/mol. The molecule has 0 aromatic heterocycles. The average Bonchev–Trinajstić information content (AvgIpc) is 3.14. The Balaban J connectivity index is 1.88. The lowest BCUT2D eigenvalue weighted by Crippen LogP contribution is -2.47. The second kappa shape index (κ2) is 6.91. The van der Waals surface area contributed by atoms with Gasteiger partial charge >= 0.3 is 0 Å². The Morgan fingerprint density at radius 2 is 1.58 bits per heavy atom. The zero-order valence-electron chi connectivity index (χ0n) is 15.7. The predicted octanol–water partition coefficient (Wildman–Crippen LogP) is 2.46. The van der Waals surface area contributed by atoms with Crippen LogP contribution in [0.2, 0.25) is 0 Å². The molecule has 1 saturated carbocycles. The molecule has 1 saturated heterocycles. The van der Waals surface area contributed by atoms with Crippen LogP contribution >= 0.6 is 0 Å². The summed E-state index contributed by atoms with van der Waals surface area (Å²) in [6, 6.07) is 6.61. The molecule has 1 aromatic carbocycles. The largest absolute Gasteiger partial charge is 0.309 e. The summed E-state index contributed by atoms with van der Waals surface area (Å²) < 4.78 is 50.7. The van der Waals surface area contributed by atoms with Gasteiger partial charge in [-0.2, -0.15) is 0 Å². The summed E-state index contributed by atoms with van der Waals surface area (Å²) in [4.78, 5) is 0.214. The molecule has 2 atom stereocenters. The maximum absolute atomic E-state index is 13.2. The van der Waals surface area contributed by atoms with Gasteiger partial charge in [-0.15, -0.1) is 0 Å². The van der Waals surface area contributed by atoms with E-state index in [4.69, 9.17) is 0 Å². The van der Waals surface area contributed by atoms with Crippen molar-refractivity contribution in [1.82, 2.24) is 5.32 Å². The third-order valence-corrected chi connectivity index (χ3v) is 9.72. The predicted molar refractivity (Wildman–Crippen MR) is 104 cm³/mol. The van der Waals surface area contributed by atoms with Gasteiger partial charge in [-0.1, -0.05) is 45.7 Å². The van der Waals surface area contributed by atoms with Crippen molar-refractivity contribution < 1.29 is 16.8 Å².